The number of benzene rings is 1. The number of carbonyl (C=O) groups is 2. The fraction of sp³-hybridized carbons (Fsp3) is 0.294. The quantitative estimate of drug-likeness (QED) is 0.943. The van der Waals surface area contributed by atoms with Gasteiger partial charge in [-0.25, -0.2) is 0 Å². The van der Waals surface area contributed by atoms with Crippen molar-refractivity contribution in [1.82, 2.24) is 10.2 Å². The zero-order chi connectivity index (χ0) is 15.4. The van der Waals surface area contributed by atoms with Gasteiger partial charge < -0.3 is 10.2 Å². The van der Waals surface area contributed by atoms with Gasteiger partial charge in [0.05, 0.1) is 11.4 Å². The van der Waals surface area contributed by atoms with Gasteiger partial charge in [0.15, 0.2) is 0 Å². The van der Waals surface area contributed by atoms with E-state index in [0.717, 1.165) is 37.1 Å². The molecule has 0 atom stereocenters. The van der Waals surface area contributed by atoms with Crippen LogP contribution in [0.15, 0.2) is 41.8 Å². The van der Waals surface area contributed by atoms with Crippen LogP contribution in [0.1, 0.15) is 22.5 Å². The van der Waals surface area contributed by atoms with Crippen molar-refractivity contribution in [2.45, 2.75) is 12.8 Å². The molecule has 2 amide bonds. The minimum Gasteiger partial charge on any atom is -0.342 e. The molecule has 1 aliphatic heterocycles. The van der Waals surface area contributed by atoms with E-state index in [2.05, 4.69) is 5.32 Å². The topological polar surface area (TPSA) is 49.4 Å². The maximum absolute atomic E-state index is 12.3. The molecule has 2 aromatic rings. The zero-order valence-corrected chi connectivity index (χ0v) is 13.1. The van der Waals surface area contributed by atoms with E-state index < -0.39 is 0 Å². The molecule has 1 aromatic carbocycles. The van der Waals surface area contributed by atoms with E-state index in [1.54, 1.807) is 0 Å². The Morgan fingerprint density at radius 2 is 1.82 bits per heavy atom. The fourth-order valence-electron chi connectivity index (χ4n) is 2.64. The van der Waals surface area contributed by atoms with Gasteiger partial charge >= 0.3 is 0 Å². The summed E-state index contributed by atoms with van der Waals surface area (Å²) in [5, 5.41) is 4.65. The Morgan fingerprint density at radius 1 is 1.09 bits per heavy atom. The average molecular weight is 314 g/mol. The third-order valence-corrected chi connectivity index (χ3v) is 4.73. The smallest absolute Gasteiger partial charge is 0.262 e. The van der Waals surface area contributed by atoms with Crippen LogP contribution in [0, 0.1) is 0 Å². The lowest BCUT2D eigenvalue weighted by atomic mass is 10.1. The summed E-state index contributed by atoms with van der Waals surface area (Å²) in [7, 11) is 0. The average Bonchev–Trinajstić information content (AvgIpc) is 3.24. The Morgan fingerprint density at radius 3 is 2.55 bits per heavy atom. The highest BCUT2D eigenvalue weighted by Gasteiger charge is 2.20. The molecule has 0 saturated carbocycles. The van der Waals surface area contributed by atoms with Gasteiger partial charge in [0, 0.05) is 18.7 Å². The fourth-order valence-corrected chi connectivity index (χ4v) is 3.48. The normalized spacial score (nSPS) is 14.1. The van der Waals surface area contributed by atoms with Crippen LogP contribution in [0.4, 0.5) is 0 Å². The molecular weight excluding hydrogens is 296 g/mol. The first-order valence-electron chi connectivity index (χ1n) is 7.44. The van der Waals surface area contributed by atoms with E-state index in [0.29, 0.717) is 4.88 Å². The second-order valence-corrected chi connectivity index (χ2v) is 6.22. The summed E-state index contributed by atoms with van der Waals surface area (Å²) in [6, 6.07) is 11.8. The number of nitrogens with zero attached hydrogens (tertiary/aromatic N) is 1. The molecule has 1 N–H and O–H groups in total. The first kappa shape index (κ1) is 14.8. The molecule has 0 aliphatic carbocycles. The molecule has 1 saturated heterocycles. The largest absolute Gasteiger partial charge is 0.342 e. The number of amides is 2. The van der Waals surface area contributed by atoms with Crippen LogP contribution in [0.25, 0.3) is 11.1 Å². The molecule has 1 fully saturated rings. The van der Waals surface area contributed by atoms with Crippen LogP contribution in [0.3, 0.4) is 0 Å². The number of hydrogen-bond donors (Lipinski definition) is 1. The molecule has 0 bridgehead atoms. The van der Waals surface area contributed by atoms with Gasteiger partial charge in [-0.05, 0) is 29.9 Å². The second kappa shape index (κ2) is 6.75. The highest BCUT2D eigenvalue weighted by molar-refractivity contribution is 7.12. The lowest BCUT2D eigenvalue weighted by molar-refractivity contribution is -0.129. The van der Waals surface area contributed by atoms with Crippen molar-refractivity contribution in [2.75, 3.05) is 19.6 Å². The summed E-state index contributed by atoms with van der Waals surface area (Å²) in [6.45, 7) is 1.69. The summed E-state index contributed by atoms with van der Waals surface area (Å²) < 4.78 is 0. The van der Waals surface area contributed by atoms with E-state index in [9.17, 15) is 9.59 Å². The maximum atomic E-state index is 12.3. The zero-order valence-electron chi connectivity index (χ0n) is 12.2. The molecule has 5 heteroatoms. The summed E-state index contributed by atoms with van der Waals surface area (Å²) in [6.07, 6.45) is 2.12. The van der Waals surface area contributed by atoms with Crippen LogP contribution >= 0.6 is 11.3 Å². The highest BCUT2D eigenvalue weighted by Crippen LogP contribution is 2.27. The lowest BCUT2D eigenvalue weighted by Crippen LogP contribution is -2.38. The summed E-state index contributed by atoms with van der Waals surface area (Å²) in [5.41, 5.74) is 1.93. The molecule has 0 spiro atoms. The standard InChI is InChI=1S/C17H18N2O2S/c20-15(19-9-4-5-10-19)12-18-17(21)16-14(8-11-22-16)13-6-2-1-3-7-13/h1-3,6-8,11H,4-5,9-10,12H2,(H,18,21). The second-order valence-electron chi connectivity index (χ2n) is 5.30. The van der Waals surface area contributed by atoms with Crippen LogP contribution in [-0.4, -0.2) is 36.3 Å². The predicted octanol–water partition coefficient (Wildman–Crippen LogP) is 2.77. The van der Waals surface area contributed by atoms with Crippen molar-refractivity contribution < 1.29 is 9.59 Å². The van der Waals surface area contributed by atoms with E-state index in [1.807, 2.05) is 46.7 Å². The highest BCUT2D eigenvalue weighted by atomic mass is 32.1. The predicted molar refractivity (Wildman–Crippen MR) is 87.9 cm³/mol. The van der Waals surface area contributed by atoms with Crippen molar-refractivity contribution in [2.24, 2.45) is 0 Å². The van der Waals surface area contributed by atoms with Crippen molar-refractivity contribution >= 4 is 23.2 Å². The Bertz CT molecular complexity index is 660. The van der Waals surface area contributed by atoms with Gasteiger partial charge in [0.1, 0.15) is 0 Å². The third-order valence-electron chi connectivity index (χ3n) is 3.82. The summed E-state index contributed by atoms with van der Waals surface area (Å²) in [5.74, 6) is -0.176. The van der Waals surface area contributed by atoms with E-state index in [1.165, 1.54) is 11.3 Å². The number of carbonyl (C=O) groups excluding carboxylic acids is 2. The Labute approximate surface area is 133 Å². The van der Waals surface area contributed by atoms with Gasteiger partial charge in [-0.1, -0.05) is 30.3 Å². The Balaban J connectivity index is 1.66. The van der Waals surface area contributed by atoms with Gasteiger partial charge in [0.25, 0.3) is 5.91 Å². The molecule has 1 aromatic heterocycles. The van der Waals surface area contributed by atoms with Gasteiger partial charge in [-0.2, -0.15) is 0 Å². The molecule has 2 heterocycles. The summed E-state index contributed by atoms with van der Waals surface area (Å²) >= 11 is 1.40. The monoisotopic (exact) mass is 314 g/mol. The minimum absolute atomic E-state index is 0.00340. The Hall–Kier alpha value is -2.14. The van der Waals surface area contributed by atoms with Crippen LogP contribution in [0.5, 0.6) is 0 Å². The molecule has 3 rings (SSSR count). The molecule has 22 heavy (non-hydrogen) atoms. The molecule has 1 aliphatic rings. The van der Waals surface area contributed by atoms with Crippen LogP contribution in [-0.2, 0) is 4.79 Å². The third kappa shape index (κ3) is 3.20. The van der Waals surface area contributed by atoms with E-state index >= 15 is 0 Å². The SMILES string of the molecule is O=C(NCC(=O)N1CCCC1)c1sccc1-c1ccccc1. The number of hydrogen-bond acceptors (Lipinski definition) is 3. The first-order valence-corrected chi connectivity index (χ1v) is 8.32. The van der Waals surface area contributed by atoms with Crippen LogP contribution in [0.2, 0.25) is 0 Å². The van der Waals surface area contributed by atoms with Crippen molar-refractivity contribution in [3.8, 4) is 11.1 Å². The Kier molecular flexibility index (Phi) is 4.53. The van der Waals surface area contributed by atoms with Crippen molar-refractivity contribution in [3.05, 3.63) is 46.7 Å². The van der Waals surface area contributed by atoms with E-state index in [-0.39, 0.29) is 18.4 Å². The molecule has 114 valence electrons. The number of thiophene rings is 1. The molecule has 4 nitrogen and oxygen atoms in total. The van der Waals surface area contributed by atoms with Gasteiger partial charge in [0.2, 0.25) is 5.91 Å². The molecule has 0 radical (unpaired) electrons. The van der Waals surface area contributed by atoms with Crippen molar-refractivity contribution in [1.29, 1.82) is 0 Å². The number of rotatable bonds is 4. The number of likely N-dealkylation sites (tertiary alicyclic amines) is 1. The van der Waals surface area contributed by atoms with Gasteiger partial charge in [-0.3, -0.25) is 9.59 Å². The first-order chi connectivity index (χ1) is 10.8. The van der Waals surface area contributed by atoms with Gasteiger partial charge in [-0.15, -0.1) is 11.3 Å². The minimum atomic E-state index is -0.179. The molecular formula is C17H18N2O2S. The summed E-state index contributed by atoms with van der Waals surface area (Å²) in [4.78, 5) is 26.8. The molecule has 0 unspecified atom stereocenters. The number of nitrogens with one attached hydrogen (secondary N) is 1. The lowest BCUT2D eigenvalue weighted by Gasteiger charge is -2.15. The van der Waals surface area contributed by atoms with Crippen molar-refractivity contribution in [3.63, 3.8) is 0 Å². The maximum Gasteiger partial charge on any atom is 0.262 e. The van der Waals surface area contributed by atoms with E-state index in [4.69, 9.17) is 0 Å². The van der Waals surface area contributed by atoms with Crippen LogP contribution < -0.4 is 5.32 Å².